The summed E-state index contributed by atoms with van der Waals surface area (Å²) in [4.78, 5) is 7.33. The van der Waals surface area contributed by atoms with Crippen LogP contribution < -0.4 is 4.74 Å². The second-order valence-electron chi connectivity index (χ2n) is 7.04. The maximum atomic E-state index is 14.3. The van der Waals surface area contributed by atoms with Crippen molar-refractivity contribution in [3.8, 4) is 17.3 Å². The number of nitrogens with one attached hydrogen (secondary N) is 1. The fourth-order valence-electron chi connectivity index (χ4n) is 3.47. The molecule has 1 aliphatic carbocycles. The first-order valence-corrected chi connectivity index (χ1v) is 9.38. The van der Waals surface area contributed by atoms with E-state index >= 15 is 0 Å². The molecule has 0 amide bonds. The molecular formula is C20H19FN6O. The van der Waals surface area contributed by atoms with Crippen molar-refractivity contribution in [1.82, 2.24) is 29.8 Å². The van der Waals surface area contributed by atoms with E-state index in [4.69, 9.17) is 4.74 Å². The lowest BCUT2D eigenvalue weighted by molar-refractivity contribution is 0.199. The first-order chi connectivity index (χ1) is 13.7. The van der Waals surface area contributed by atoms with Crippen molar-refractivity contribution in [2.75, 3.05) is 0 Å². The molecule has 0 saturated heterocycles. The highest BCUT2D eigenvalue weighted by molar-refractivity contribution is 5.60. The molecule has 1 atom stereocenters. The molecule has 0 aliphatic heterocycles. The zero-order chi connectivity index (χ0) is 19.1. The van der Waals surface area contributed by atoms with E-state index in [1.54, 1.807) is 35.1 Å². The summed E-state index contributed by atoms with van der Waals surface area (Å²) in [6.45, 7) is 1.92. The summed E-state index contributed by atoms with van der Waals surface area (Å²) >= 11 is 0. The number of benzene rings is 1. The van der Waals surface area contributed by atoms with E-state index in [0.29, 0.717) is 28.8 Å². The molecule has 1 aromatic carbocycles. The van der Waals surface area contributed by atoms with E-state index < -0.39 is 0 Å². The van der Waals surface area contributed by atoms with Crippen LogP contribution in [0.15, 0.2) is 42.7 Å². The molecule has 0 bridgehead atoms. The second-order valence-corrected chi connectivity index (χ2v) is 7.04. The lowest BCUT2D eigenvalue weighted by atomic mass is 9.80. The van der Waals surface area contributed by atoms with Gasteiger partial charge in [-0.3, -0.25) is 0 Å². The van der Waals surface area contributed by atoms with Gasteiger partial charge in [0.1, 0.15) is 11.6 Å². The molecule has 3 aromatic heterocycles. The van der Waals surface area contributed by atoms with Gasteiger partial charge in [0, 0.05) is 18.0 Å². The Labute approximate surface area is 160 Å². The third-order valence-corrected chi connectivity index (χ3v) is 5.24. The fourth-order valence-corrected chi connectivity index (χ4v) is 3.47. The van der Waals surface area contributed by atoms with Crippen molar-refractivity contribution in [1.29, 1.82) is 0 Å². The van der Waals surface area contributed by atoms with E-state index in [9.17, 15) is 4.39 Å². The number of aromatic nitrogens is 6. The highest BCUT2D eigenvalue weighted by Gasteiger charge is 2.27. The van der Waals surface area contributed by atoms with Crippen LogP contribution in [0.2, 0.25) is 0 Å². The van der Waals surface area contributed by atoms with Crippen LogP contribution in [0.4, 0.5) is 4.39 Å². The minimum Gasteiger partial charge on any atom is -0.465 e. The summed E-state index contributed by atoms with van der Waals surface area (Å²) in [6.07, 6.45) is 6.53. The molecular weight excluding hydrogens is 359 g/mol. The molecule has 1 unspecified atom stereocenters. The van der Waals surface area contributed by atoms with Gasteiger partial charge in [0.25, 0.3) is 0 Å². The predicted octanol–water partition coefficient (Wildman–Crippen LogP) is 4.06. The van der Waals surface area contributed by atoms with Gasteiger partial charge in [0.2, 0.25) is 5.88 Å². The smallest absolute Gasteiger partial charge is 0.236 e. The average molecular weight is 378 g/mol. The van der Waals surface area contributed by atoms with Crippen molar-refractivity contribution < 1.29 is 9.13 Å². The van der Waals surface area contributed by atoms with Crippen LogP contribution in [0, 0.1) is 5.82 Å². The Hall–Kier alpha value is -3.29. The van der Waals surface area contributed by atoms with Gasteiger partial charge < -0.3 is 9.72 Å². The number of ether oxygens (including phenoxy) is 1. The normalized spacial score (nSPS) is 15.5. The number of hydrogen-bond donors (Lipinski definition) is 1. The Balaban J connectivity index is 1.62. The van der Waals surface area contributed by atoms with Crippen molar-refractivity contribution >= 4 is 5.65 Å². The van der Waals surface area contributed by atoms with Gasteiger partial charge in [-0.2, -0.15) is 4.52 Å². The van der Waals surface area contributed by atoms with Crippen LogP contribution in [0.1, 0.15) is 49.6 Å². The first-order valence-electron chi connectivity index (χ1n) is 9.38. The zero-order valence-corrected chi connectivity index (χ0v) is 15.3. The number of nitrogens with zero attached hydrogens (tertiary/aromatic N) is 5. The molecule has 1 aliphatic rings. The molecule has 0 spiro atoms. The molecule has 4 aromatic rings. The molecule has 0 radical (unpaired) electrons. The molecule has 3 heterocycles. The maximum Gasteiger partial charge on any atom is 0.236 e. The number of aromatic amines is 1. The minimum atomic E-state index is -0.368. The standard InChI is InChI=1S/C20H19FN6O/c1-12(18-22-9-10-23-18)28-20-15(13-5-4-6-13)11-17-24-25-19(27(17)26-20)14-7-2-3-8-16(14)21/h2-3,7-13H,4-6H2,1H3,(H,22,23). The van der Waals surface area contributed by atoms with Gasteiger partial charge in [-0.05, 0) is 43.9 Å². The lowest BCUT2D eigenvalue weighted by Crippen LogP contribution is -2.15. The molecule has 1 saturated carbocycles. The number of rotatable bonds is 5. The fraction of sp³-hybridized carbons (Fsp3) is 0.300. The van der Waals surface area contributed by atoms with Gasteiger partial charge >= 0.3 is 0 Å². The Kier molecular flexibility index (Phi) is 4.03. The number of H-pyrrole nitrogens is 1. The van der Waals surface area contributed by atoms with E-state index in [2.05, 4.69) is 25.3 Å². The second kappa shape index (κ2) is 6.70. The van der Waals surface area contributed by atoms with Crippen molar-refractivity contribution in [3.63, 3.8) is 0 Å². The van der Waals surface area contributed by atoms with E-state index in [0.717, 1.165) is 24.2 Å². The van der Waals surface area contributed by atoms with E-state index in [-0.39, 0.29) is 11.9 Å². The van der Waals surface area contributed by atoms with Gasteiger partial charge in [0.15, 0.2) is 17.6 Å². The first kappa shape index (κ1) is 16.9. The summed E-state index contributed by atoms with van der Waals surface area (Å²) in [6, 6.07) is 8.43. The molecule has 1 fully saturated rings. The van der Waals surface area contributed by atoms with Gasteiger partial charge in [-0.15, -0.1) is 15.3 Å². The maximum absolute atomic E-state index is 14.3. The summed E-state index contributed by atoms with van der Waals surface area (Å²) in [5.41, 5.74) is 1.95. The van der Waals surface area contributed by atoms with E-state index in [1.807, 2.05) is 13.0 Å². The predicted molar refractivity (Wildman–Crippen MR) is 100 cm³/mol. The van der Waals surface area contributed by atoms with Crippen LogP contribution in [0.3, 0.4) is 0 Å². The van der Waals surface area contributed by atoms with Crippen molar-refractivity contribution in [2.24, 2.45) is 0 Å². The minimum absolute atomic E-state index is 0.299. The highest BCUT2D eigenvalue weighted by atomic mass is 19.1. The third kappa shape index (κ3) is 2.81. The Bertz CT molecular complexity index is 1120. The molecule has 1 N–H and O–H groups in total. The van der Waals surface area contributed by atoms with Crippen LogP contribution >= 0.6 is 0 Å². The number of fused-ring (bicyclic) bond motifs is 1. The highest BCUT2D eigenvalue weighted by Crippen LogP contribution is 2.41. The SMILES string of the molecule is CC(Oc1nn2c(-c3ccccc3F)nnc2cc1C1CCC1)c1ncc[nH]1. The molecule has 142 valence electrons. The van der Waals surface area contributed by atoms with Gasteiger partial charge in [-0.25, -0.2) is 9.37 Å². The number of hydrogen-bond acceptors (Lipinski definition) is 5. The van der Waals surface area contributed by atoms with Gasteiger partial charge in [-0.1, -0.05) is 18.6 Å². The summed E-state index contributed by atoms with van der Waals surface area (Å²) in [7, 11) is 0. The lowest BCUT2D eigenvalue weighted by Gasteiger charge is -2.27. The summed E-state index contributed by atoms with van der Waals surface area (Å²) in [5.74, 6) is 1.61. The molecule has 5 rings (SSSR count). The monoisotopic (exact) mass is 378 g/mol. The van der Waals surface area contributed by atoms with Gasteiger partial charge in [0.05, 0.1) is 5.56 Å². The molecule has 28 heavy (non-hydrogen) atoms. The Morgan fingerprint density at radius 2 is 2.11 bits per heavy atom. The number of halogens is 1. The van der Waals surface area contributed by atoms with E-state index in [1.165, 1.54) is 12.5 Å². The zero-order valence-electron chi connectivity index (χ0n) is 15.3. The van der Waals surface area contributed by atoms with Crippen LogP contribution in [-0.2, 0) is 0 Å². The summed E-state index contributed by atoms with van der Waals surface area (Å²) in [5, 5.41) is 13.1. The van der Waals surface area contributed by atoms with Crippen LogP contribution in [0.5, 0.6) is 5.88 Å². The molecule has 8 heteroatoms. The molecule has 7 nitrogen and oxygen atoms in total. The van der Waals surface area contributed by atoms with Crippen molar-refractivity contribution in [2.45, 2.75) is 38.2 Å². The van der Waals surface area contributed by atoms with Crippen LogP contribution in [0.25, 0.3) is 17.0 Å². The number of imidazole rings is 1. The topological polar surface area (TPSA) is 81.0 Å². The Morgan fingerprint density at radius 1 is 1.25 bits per heavy atom. The third-order valence-electron chi connectivity index (χ3n) is 5.24. The Morgan fingerprint density at radius 3 is 2.82 bits per heavy atom. The average Bonchev–Trinajstić information content (AvgIpc) is 3.31. The van der Waals surface area contributed by atoms with Crippen molar-refractivity contribution in [3.05, 3.63) is 59.9 Å². The quantitative estimate of drug-likeness (QED) is 0.566. The summed E-state index contributed by atoms with van der Waals surface area (Å²) < 4.78 is 22.0. The van der Waals surface area contributed by atoms with Crippen LogP contribution in [-0.4, -0.2) is 29.8 Å². The largest absolute Gasteiger partial charge is 0.465 e.